The summed E-state index contributed by atoms with van der Waals surface area (Å²) >= 11 is 3.44. The Morgan fingerprint density at radius 2 is 1.88 bits per heavy atom. The van der Waals surface area contributed by atoms with Crippen molar-refractivity contribution in [2.45, 2.75) is 13.1 Å². The Hall–Kier alpha value is -1.61. The lowest BCUT2D eigenvalue weighted by Crippen LogP contribution is -2.38. The standard InChI is InChI=1S/C18H21BrN4O.HI/c1-21-18(23(2)12-13-6-8-16(19)9-7-13)22-11-14-4-3-5-15(10-14)17(20)24;/h3-10H,11-12H2,1-2H3,(H2,20,24)(H,21,22);1H. The lowest BCUT2D eigenvalue weighted by atomic mass is 10.1. The first-order valence-corrected chi connectivity index (χ1v) is 8.34. The number of nitrogens with two attached hydrogens (primary N) is 1. The zero-order valence-electron chi connectivity index (χ0n) is 14.2. The molecule has 134 valence electrons. The molecular formula is C18H22BrIN4O. The molecule has 2 aromatic rings. The highest BCUT2D eigenvalue weighted by Gasteiger charge is 2.07. The van der Waals surface area contributed by atoms with Crippen molar-refractivity contribution in [2.24, 2.45) is 10.7 Å². The highest BCUT2D eigenvalue weighted by molar-refractivity contribution is 14.0. The second kappa shape index (κ2) is 10.4. The van der Waals surface area contributed by atoms with Crippen LogP contribution < -0.4 is 11.1 Å². The molecule has 2 rings (SSSR count). The number of nitrogens with one attached hydrogen (secondary N) is 1. The highest BCUT2D eigenvalue weighted by atomic mass is 127. The van der Waals surface area contributed by atoms with Gasteiger partial charge in [0.05, 0.1) is 0 Å². The van der Waals surface area contributed by atoms with Crippen molar-refractivity contribution < 1.29 is 4.79 Å². The third-order valence-electron chi connectivity index (χ3n) is 3.57. The van der Waals surface area contributed by atoms with E-state index in [1.54, 1.807) is 19.2 Å². The van der Waals surface area contributed by atoms with Crippen molar-refractivity contribution in [1.29, 1.82) is 0 Å². The summed E-state index contributed by atoms with van der Waals surface area (Å²) < 4.78 is 1.06. The van der Waals surface area contributed by atoms with E-state index in [2.05, 4.69) is 38.4 Å². The fraction of sp³-hybridized carbons (Fsp3) is 0.222. The summed E-state index contributed by atoms with van der Waals surface area (Å²) in [6.07, 6.45) is 0. The van der Waals surface area contributed by atoms with E-state index in [1.807, 2.05) is 36.2 Å². The van der Waals surface area contributed by atoms with E-state index in [9.17, 15) is 4.79 Å². The first-order chi connectivity index (χ1) is 11.5. The van der Waals surface area contributed by atoms with Crippen molar-refractivity contribution in [1.82, 2.24) is 10.2 Å². The molecule has 1 amide bonds. The van der Waals surface area contributed by atoms with Gasteiger partial charge in [0.1, 0.15) is 0 Å². The lowest BCUT2D eigenvalue weighted by molar-refractivity contribution is 0.1000. The second-order valence-electron chi connectivity index (χ2n) is 5.45. The number of carbonyl (C=O) groups excluding carboxylic acids is 1. The summed E-state index contributed by atoms with van der Waals surface area (Å²) in [5.74, 6) is 0.357. The van der Waals surface area contributed by atoms with E-state index in [0.29, 0.717) is 12.1 Å². The quantitative estimate of drug-likeness (QED) is 0.363. The zero-order valence-corrected chi connectivity index (χ0v) is 18.1. The number of carbonyl (C=O) groups is 1. The van der Waals surface area contributed by atoms with Crippen LogP contribution in [0.1, 0.15) is 21.5 Å². The average Bonchev–Trinajstić information content (AvgIpc) is 2.57. The van der Waals surface area contributed by atoms with Crippen molar-refractivity contribution in [3.05, 3.63) is 69.7 Å². The normalized spacial score (nSPS) is 10.8. The van der Waals surface area contributed by atoms with Crippen LogP contribution in [-0.2, 0) is 13.1 Å². The Balaban J connectivity index is 0.00000312. The van der Waals surface area contributed by atoms with Crippen LogP contribution in [0.4, 0.5) is 0 Å². The number of aliphatic imine (C=N–C) groups is 1. The molecule has 2 aromatic carbocycles. The number of primary amides is 1. The molecule has 5 nitrogen and oxygen atoms in total. The number of guanidine groups is 1. The number of nitrogens with zero attached hydrogens (tertiary/aromatic N) is 2. The monoisotopic (exact) mass is 516 g/mol. The van der Waals surface area contributed by atoms with Crippen molar-refractivity contribution >= 4 is 51.8 Å². The van der Waals surface area contributed by atoms with Crippen LogP contribution in [0.25, 0.3) is 0 Å². The molecule has 0 aliphatic heterocycles. The van der Waals surface area contributed by atoms with Gasteiger partial charge in [0.25, 0.3) is 0 Å². The smallest absolute Gasteiger partial charge is 0.248 e. The fourth-order valence-corrected chi connectivity index (χ4v) is 2.60. The number of hydrogen-bond acceptors (Lipinski definition) is 2. The molecule has 3 N–H and O–H groups in total. The van der Waals surface area contributed by atoms with E-state index in [4.69, 9.17) is 5.73 Å². The molecule has 0 radical (unpaired) electrons. The average molecular weight is 517 g/mol. The predicted octanol–water partition coefficient (Wildman–Crippen LogP) is 3.37. The Morgan fingerprint density at radius 3 is 2.48 bits per heavy atom. The molecule has 0 heterocycles. The molecule has 25 heavy (non-hydrogen) atoms. The first kappa shape index (κ1) is 21.4. The molecular weight excluding hydrogens is 495 g/mol. The van der Waals surface area contributed by atoms with Gasteiger partial charge < -0.3 is 16.0 Å². The van der Waals surface area contributed by atoms with Gasteiger partial charge in [0, 0.05) is 37.2 Å². The van der Waals surface area contributed by atoms with Gasteiger partial charge in [0.2, 0.25) is 5.91 Å². The molecule has 0 aliphatic rings. The number of hydrogen-bond donors (Lipinski definition) is 2. The third kappa shape index (κ3) is 6.66. The maximum atomic E-state index is 11.2. The first-order valence-electron chi connectivity index (χ1n) is 7.54. The van der Waals surface area contributed by atoms with Crippen LogP contribution in [0.3, 0.4) is 0 Å². The van der Waals surface area contributed by atoms with Gasteiger partial charge in [-0.25, -0.2) is 0 Å². The predicted molar refractivity (Wildman–Crippen MR) is 116 cm³/mol. The number of halogens is 2. The summed E-state index contributed by atoms with van der Waals surface area (Å²) in [5.41, 5.74) is 7.99. The highest BCUT2D eigenvalue weighted by Crippen LogP contribution is 2.12. The van der Waals surface area contributed by atoms with Gasteiger partial charge >= 0.3 is 0 Å². The summed E-state index contributed by atoms with van der Waals surface area (Å²) in [6.45, 7) is 1.31. The van der Waals surface area contributed by atoms with E-state index in [0.717, 1.165) is 22.5 Å². The molecule has 0 saturated heterocycles. The molecule has 0 unspecified atom stereocenters. The van der Waals surface area contributed by atoms with Gasteiger partial charge in [0.15, 0.2) is 5.96 Å². The van der Waals surface area contributed by atoms with Gasteiger partial charge in [-0.3, -0.25) is 9.79 Å². The van der Waals surface area contributed by atoms with E-state index >= 15 is 0 Å². The van der Waals surface area contributed by atoms with E-state index in [1.165, 1.54) is 5.56 Å². The molecule has 0 fully saturated rings. The van der Waals surface area contributed by atoms with Gasteiger partial charge in [-0.05, 0) is 35.4 Å². The maximum absolute atomic E-state index is 11.2. The molecule has 0 saturated carbocycles. The minimum atomic E-state index is -0.423. The van der Waals surface area contributed by atoms with Crippen LogP contribution in [-0.4, -0.2) is 30.9 Å². The summed E-state index contributed by atoms with van der Waals surface area (Å²) in [5, 5.41) is 3.30. The van der Waals surface area contributed by atoms with Crippen LogP contribution >= 0.6 is 39.9 Å². The molecule has 7 heteroatoms. The Bertz CT molecular complexity index is 734. The van der Waals surface area contributed by atoms with E-state index in [-0.39, 0.29) is 24.0 Å². The largest absolute Gasteiger partial charge is 0.366 e. The third-order valence-corrected chi connectivity index (χ3v) is 4.10. The minimum absolute atomic E-state index is 0. The second-order valence-corrected chi connectivity index (χ2v) is 6.36. The van der Waals surface area contributed by atoms with Gasteiger partial charge in [-0.15, -0.1) is 24.0 Å². The summed E-state index contributed by atoms with van der Waals surface area (Å²) in [7, 11) is 3.73. The SMILES string of the molecule is CN=C(NCc1cccc(C(N)=O)c1)N(C)Cc1ccc(Br)cc1.I. The Labute approximate surface area is 173 Å². The number of benzene rings is 2. The van der Waals surface area contributed by atoms with Crippen molar-refractivity contribution in [2.75, 3.05) is 14.1 Å². The Kier molecular flexibility index (Phi) is 8.91. The lowest BCUT2D eigenvalue weighted by Gasteiger charge is -2.22. The summed E-state index contributed by atoms with van der Waals surface area (Å²) in [6, 6.07) is 15.5. The van der Waals surface area contributed by atoms with Crippen molar-refractivity contribution in [3.63, 3.8) is 0 Å². The zero-order chi connectivity index (χ0) is 17.5. The van der Waals surface area contributed by atoms with Crippen LogP contribution in [0, 0.1) is 0 Å². The van der Waals surface area contributed by atoms with Gasteiger partial charge in [-0.1, -0.05) is 40.2 Å². The summed E-state index contributed by atoms with van der Waals surface area (Å²) in [4.78, 5) is 17.6. The van der Waals surface area contributed by atoms with E-state index < -0.39 is 5.91 Å². The minimum Gasteiger partial charge on any atom is -0.366 e. The molecule has 0 spiro atoms. The number of rotatable bonds is 5. The van der Waals surface area contributed by atoms with Crippen molar-refractivity contribution in [3.8, 4) is 0 Å². The van der Waals surface area contributed by atoms with Crippen LogP contribution in [0.15, 0.2) is 58.0 Å². The molecule has 0 atom stereocenters. The molecule has 0 aromatic heterocycles. The van der Waals surface area contributed by atoms with Crippen LogP contribution in [0.5, 0.6) is 0 Å². The molecule has 0 aliphatic carbocycles. The topological polar surface area (TPSA) is 70.7 Å². The van der Waals surface area contributed by atoms with Gasteiger partial charge in [-0.2, -0.15) is 0 Å². The fourth-order valence-electron chi connectivity index (χ4n) is 2.34. The Morgan fingerprint density at radius 1 is 1.20 bits per heavy atom. The molecule has 0 bridgehead atoms. The number of amides is 1. The maximum Gasteiger partial charge on any atom is 0.248 e. The van der Waals surface area contributed by atoms with Crippen LogP contribution in [0.2, 0.25) is 0 Å².